The lowest BCUT2D eigenvalue weighted by atomic mass is 10.2. The normalized spacial score (nSPS) is 10.3. The van der Waals surface area contributed by atoms with Gasteiger partial charge < -0.3 is 14.7 Å². The van der Waals surface area contributed by atoms with Gasteiger partial charge >= 0.3 is 5.97 Å². The predicted molar refractivity (Wildman–Crippen MR) is 58.0 cm³/mol. The van der Waals surface area contributed by atoms with Crippen LogP contribution in [0.4, 0.5) is 0 Å². The molecular formula is C11H13NO4. The van der Waals surface area contributed by atoms with Crippen LogP contribution >= 0.6 is 0 Å². The van der Waals surface area contributed by atoms with Gasteiger partial charge in [-0.2, -0.15) is 0 Å². The Morgan fingerprint density at radius 2 is 2.25 bits per heavy atom. The van der Waals surface area contributed by atoms with E-state index in [1.807, 2.05) is 0 Å². The zero-order chi connectivity index (χ0) is 11.8. The van der Waals surface area contributed by atoms with E-state index in [2.05, 4.69) is 5.16 Å². The van der Waals surface area contributed by atoms with Crippen molar-refractivity contribution in [1.29, 1.82) is 0 Å². The van der Waals surface area contributed by atoms with Crippen LogP contribution in [0, 0.1) is 0 Å². The van der Waals surface area contributed by atoms with E-state index in [9.17, 15) is 4.79 Å². The molecule has 5 heteroatoms. The summed E-state index contributed by atoms with van der Waals surface area (Å²) >= 11 is 0. The molecule has 0 radical (unpaired) electrons. The molecule has 0 aliphatic carbocycles. The Labute approximate surface area is 93.3 Å². The number of rotatable bonds is 5. The molecule has 0 aliphatic rings. The first kappa shape index (κ1) is 12.0. The molecule has 1 aromatic rings. The minimum Gasteiger partial charge on any atom is -0.481 e. The zero-order valence-electron chi connectivity index (χ0n) is 8.92. The van der Waals surface area contributed by atoms with E-state index in [1.165, 1.54) is 6.21 Å². The van der Waals surface area contributed by atoms with E-state index in [4.69, 9.17) is 14.7 Å². The number of nitrogens with zero attached hydrogens (tertiary/aromatic N) is 1. The van der Waals surface area contributed by atoms with Crippen LogP contribution < -0.4 is 4.74 Å². The smallest absolute Gasteiger partial charge is 0.344 e. The maximum absolute atomic E-state index is 11.1. The van der Waals surface area contributed by atoms with Gasteiger partial charge in [0.05, 0.1) is 12.8 Å². The van der Waals surface area contributed by atoms with E-state index in [-0.39, 0.29) is 6.61 Å². The fraction of sp³-hybridized carbons (Fsp3) is 0.273. The molecule has 86 valence electrons. The number of carbonyl (C=O) groups excluding carboxylic acids is 1. The average Bonchev–Trinajstić information content (AvgIpc) is 2.29. The van der Waals surface area contributed by atoms with Gasteiger partial charge in [-0.3, -0.25) is 0 Å². The van der Waals surface area contributed by atoms with E-state index in [0.29, 0.717) is 17.9 Å². The van der Waals surface area contributed by atoms with Crippen molar-refractivity contribution in [2.75, 3.05) is 13.2 Å². The molecular weight excluding hydrogens is 210 g/mol. The number of oxime groups is 1. The van der Waals surface area contributed by atoms with Gasteiger partial charge in [0.25, 0.3) is 0 Å². The molecule has 5 nitrogen and oxygen atoms in total. The molecule has 0 aromatic heterocycles. The molecule has 0 amide bonds. The molecule has 1 aromatic carbocycles. The third-order valence-corrected chi connectivity index (χ3v) is 1.77. The summed E-state index contributed by atoms with van der Waals surface area (Å²) in [6.45, 7) is 1.89. The first-order chi connectivity index (χ1) is 7.77. The second-order valence-corrected chi connectivity index (χ2v) is 2.88. The van der Waals surface area contributed by atoms with Crippen molar-refractivity contribution in [3.05, 3.63) is 29.8 Å². The molecule has 0 saturated heterocycles. The Kier molecular flexibility index (Phi) is 4.85. The monoisotopic (exact) mass is 223 g/mol. The lowest BCUT2D eigenvalue weighted by Crippen LogP contribution is -2.15. The quantitative estimate of drug-likeness (QED) is 0.355. The fourth-order valence-corrected chi connectivity index (χ4v) is 1.12. The van der Waals surface area contributed by atoms with Crippen LogP contribution in [0.5, 0.6) is 5.75 Å². The highest BCUT2D eigenvalue weighted by molar-refractivity contribution is 5.83. The lowest BCUT2D eigenvalue weighted by Gasteiger charge is -2.07. The Balaban J connectivity index is 2.62. The standard InChI is InChI=1S/C11H13NO4/c1-2-15-11(13)8-16-10-6-4-3-5-9(10)7-12-14/h3-7,14H,2,8H2,1H3/b12-7-. The predicted octanol–water partition coefficient (Wildman–Crippen LogP) is 1.44. The summed E-state index contributed by atoms with van der Waals surface area (Å²) in [6.07, 6.45) is 1.24. The number of benzene rings is 1. The van der Waals surface area contributed by atoms with Gasteiger partial charge in [-0.15, -0.1) is 0 Å². The SMILES string of the molecule is CCOC(=O)COc1ccccc1/C=N\O. The van der Waals surface area contributed by atoms with E-state index in [0.717, 1.165) is 0 Å². The summed E-state index contributed by atoms with van der Waals surface area (Å²) in [5, 5.41) is 11.3. The summed E-state index contributed by atoms with van der Waals surface area (Å²) in [6, 6.07) is 6.92. The zero-order valence-corrected chi connectivity index (χ0v) is 8.92. The molecule has 0 saturated carbocycles. The van der Waals surface area contributed by atoms with Crippen molar-refractivity contribution in [3.8, 4) is 5.75 Å². The minimum atomic E-state index is -0.432. The Hall–Kier alpha value is -2.04. The van der Waals surface area contributed by atoms with Gasteiger partial charge in [0.15, 0.2) is 6.61 Å². The first-order valence-corrected chi connectivity index (χ1v) is 4.82. The molecule has 0 unspecified atom stereocenters. The van der Waals surface area contributed by atoms with E-state index < -0.39 is 5.97 Å². The first-order valence-electron chi connectivity index (χ1n) is 4.82. The molecule has 0 atom stereocenters. The highest BCUT2D eigenvalue weighted by Crippen LogP contribution is 2.15. The number of hydrogen-bond donors (Lipinski definition) is 1. The van der Waals surface area contributed by atoms with Crippen LogP contribution in [0.25, 0.3) is 0 Å². The molecule has 0 heterocycles. The summed E-state index contributed by atoms with van der Waals surface area (Å²) in [5.74, 6) is 0.0339. The highest BCUT2D eigenvalue weighted by atomic mass is 16.6. The van der Waals surface area contributed by atoms with Crippen molar-refractivity contribution in [3.63, 3.8) is 0 Å². The van der Waals surface area contributed by atoms with Crippen LogP contribution in [-0.2, 0) is 9.53 Å². The molecule has 16 heavy (non-hydrogen) atoms. The van der Waals surface area contributed by atoms with Gasteiger partial charge in [-0.25, -0.2) is 4.79 Å². The van der Waals surface area contributed by atoms with Crippen molar-refractivity contribution < 1.29 is 19.5 Å². The molecule has 1 rings (SSSR count). The number of ether oxygens (including phenoxy) is 2. The number of carbonyl (C=O) groups is 1. The van der Waals surface area contributed by atoms with Gasteiger partial charge in [-0.05, 0) is 19.1 Å². The van der Waals surface area contributed by atoms with Crippen molar-refractivity contribution in [2.45, 2.75) is 6.92 Å². The van der Waals surface area contributed by atoms with Crippen molar-refractivity contribution in [1.82, 2.24) is 0 Å². The minimum absolute atomic E-state index is 0.163. The molecule has 0 bridgehead atoms. The summed E-state index contributed by atoms with van der Waals surface area (Å²) in [4.78, 5) is 11.1. The number of esters is 1. The largest absolute Gasteiger partial charge is 0.481 e. The Morgan fingerprint density at radius 1 is 1.50 bits per heavy atom. The fourth-order valence-electron chi connectivity index (χ4n) is 1.12. The number of para-hydroxylation sites is 1. The summed E-state index contributed by atoms with van der Waals surface area (Å²) in [7, 11) is 0. The molecule has 0 aliphatic heterocycles. The van der Waals surface area contributed by atoms with Gasteiger partial charge in [0.1, 0.15) is 5.75 Å². The molecule has 0 fully saturated rings. The summed E-state index contributed by atoms with van der Waals surface area (Å²) < 4.78 is 9.94. The van der Waals surface area contributed by atoms with Crippen molar-refractivity contribution >= 4 is 12.2 Å². The second kappa shape index (κ2) is 6.44. The van der Waals surface area contributed by atoms with Crippen LogP contribution in [0.2, 0.25) is 0 Å². The van der Waals surface area contributed by atoms with Gasteiger partial charge in [-0.1, -0.05) is 17.3 Å². The third-order valence-electron chi connectivity index (χ3n) is 1.77. The Bertz CT molecular complexity index is 376. The summed E-state index contributed by atoms with van der Waals surface area (Å²) in [5.41, 5.74) is 0.592. The topological polar surface area (TPSA) is 68.1 Å². The molecule has 0 spiro atoms. The van der Waals surface area contributed by atoms with Gasteiger partial charge in [0.2, 0.25) is 0 Å². The van der Waals surface area contributed by atoms with Crippen LogP contribution in [0.1, 0.15) is 12.5 Å². The maximum atomic E-state index is 11.1. The third kappa shape index (κ3) is 3.61. The van der Waals surface area contributed by atoms with E-state index in [1.54, 1.807) is 31.2 Å². The highest BCUT2D eigenvalue weighted by Gasteiger charge is 2.05. The number of hydrogen-bond acceptors (Lipinski definition) is 5. The Morgan fingerprint density at radius 3 is 2.94 bits per heavy atom. The van der Waals surface area contributed by atoms with E-state index >= 15 is 0 Å². The average molecular weight is 223 g/mol. The van der Waals surface area contributed by atoms with Crippen molar-refractivity contribution in [2.24, 2.45) is 5.16 Å². The lowest BCUT2D eigenvalue weighted by molar-refractivity contribution is -0.145. The van der Waals surface area contributed by atoms with Crippen LogP contribution in [-0.4, -0.2) is 30.6 Å². The maximum Gasteiger partial charge on any atom is 0.344 e. The molecule has 1 N–H and O–H groups in total. The van der Waals surface area contributed by atoms with Gasteiger partial charge in [0, 0.05) is 5.56 Å². The van der Waals surface area contributed by atoms with Crippen LogP contribution in [0.3, 0.4) is 0 Å². The second-order valence-electron chi connectivity index (χ2n) is 2.88. The van der Waals surface area contributed by atoms with Crippen LogP contribution in [0.15, 0.2) is 29.4 Å².